The highest BCUT2D eigenvalue weighted by molar-refractivity contribution is 6.14. The summed E-state index contributed by atoms with van der Waals surface area (Å²) in [6.45, 7) is 14.9. The lowest BCUT2D eigenvalue weighted by Gasteiger charge is -2.25. The van der Waals surface area contributed by atoms with Gasteiger partial charge in [-0.1, -0.05) is 65.5 Å². The molecule has 9 heteroatoms. The molecule has 3 aromatic carbocycles. The van der Waals surface area contributed by atoms with Gasteiger partial charge in [0.2, 0.25) is 0 Å². The molecule has 0 unspecified atom stereocenters. The van der Waals surface area contributed by atoms with Crippen molar-refractivity contribution < 1.29 is 24.5 Å². The van der Waals surface area contributed by atoms with E-state index in [1.165, 1.54) is 0 Å². The van der Waals surface area contributed by atoms with Crippen molar-refractivity contribution in [2.75, 3.05) is 46.4 Å². The molecule has 0 bridgehead atoms. The third-order valence-electron chi connectivity index (χ3n) is 9.20. The van der Waals surface area contributed by atoms with Crippen molar-refractivity contribution in [1.29, 1.82) is 0 Å². The number of halogens is 2. The van der Waals surface area contributed by atoms with Gasteiger partial charge in [0.15, 0.2) is 0 Å². The van der Waals surface area contributed by atoms with Crippen LogP contribution in [0, 0.1) is 0 Å². The number of aromatic carboxylic acids is 2. The SMILES string of the molecule is CCCCN(CCCC)CCCc1cc2c(cc(OC)c3cc(C(=O)[O-])ccc32)c(CCCN(CCCC)CCCC)c1C(=O)[O-].Cl.Cl. The molecule has 0 aromatic heterocycles. The van der Waals surface area contributed by atoms with Crippen LogP contribution in [0.3, 0.4) is 0 Å². The van der Waals surface area contributed by atoms with Gasteiger partial charge in [0.25, 0.3) is 0 Å². The van der Waals surface area contributed by atoms with Crippen LogP contribution in [0.15, 0.2) is 30.3 Å². The molecule has 3 rings (SSSR count). The normalized spacial score (nSPS) is 11.2. The van der Waals surface area contributed by atoms with Crippen LogP contribution in [0.1, 0.15) is 124 Å². The quantitative estimate of drug-likeness (QED) is 0.0961. The molecule has 7 nitrogen and oxygen atoms in total. The first-order chi connectivity index (χ1) is 22.3. The Morgan fingerprint density at radius 3 is 1.56 bits per heavy atom. The van der Waals surface area contributed by atoms with E-state index in [9.17, 15) is 19.8 Å². The van der Waals surface area contributed by atoms with Crippen LogP contribution >= 0.6 is 24.8 Å². The van der Waals surface area contributed by atoms with Crippen molar-refractivity contribution in [1.82, 2.24) is 9.80 Å². The maximum absolute atomic E-state index is 12.9. The summed E-state index contributed by atoms with van der Waals surface area (Å²) in [6, 6.07) is 8.83. The van der Waals surface area contributed by atoms with Gasteiger partial charge in [-0.2, -0.15) is 0 Å². The summed E-state index contributed by atoms with van der Waals surface area (Å²) in [7, 11) is 1.56. The van der Waals surface area contributed by atoms with Crippen LogP contribution in [0.25, 0.3) is 21.5 Å². The third-order valence-corrected chi connectivity index (χ3v) is 9.20. The number of carboxylic acid groups (broad SMARTS) is 2. The molecular formula is C39H58Cl2N2O5-2. The highest BCUT2D eigenvalue weighted by atomic mass is 35.5. The van der Waals surface area contributed by atoms with Crippen molar-refractivity contribution in [2.45, 2.75) is 105 Å². The van der Waals surface area contributed by atoms with Crippen LogP contribution in [-0.2, 0) is 12.8 Å². The maximum atomic E-state index is 12.9. The summed E-state index contributed by atoms with van der Waals surface area (Å²) < 4.78 is 5.75. The molecule has 0 fully saturated rings. The van der Waals surface area contributed by atoms with Gasteiger partial charge in [0.05, 0.1) is 19.0 Å². The molecular weight excluding hydrogens is 647 g/mol. The zero-order valence-corrected chi connectivity index (χ0v) is 31.5. The number of rotatable bonds is 23. The first kappa shape index (κ1) is 43.4. The van der Waals surface area contributed by atoms with Gasteiger partial charge in [-0.3, -0.25) is 0 Å². The van der Waals surface area contributed by atoms with Gasteiger partial charge < -0.3 is 34.3 Å². The maximum Gasteiger partial charge on any atom is 0.127 e. The first-order valence-electron chi connectivity index (χ1n) is 17.8. The second-order valence-electron chi connectivity index (χ2n) is 12.7. The Morgan fingerprint density at radius 1 is 0.604 bits per heavy atom. The highest BCUT2D eigenvalue weighted by Gasteiger charge is 2.19. The highest BCUT2D eigenvalue weighted by Crippen LogP contribution is 2.38. The Hall–Kier alpha value is -2.58. The van der Waals surface area contributed by atoms with Crippen LogP contribution in [0.5, 0.6) is 5.75 Å². The molecule has 0 N–H and O–H groups in total. The van der Waals surface area contributed by atoms with Gasteiger partial charge in [0, 0.05) is 10.9 Å². The Balaban J connectivity index is 0.00000576. The predicted octanol–water partition coefficient (Wildman–Crippen LogP) is 7.24. The number of carboxylic acids is 2. The average molecular weight is 706 g/mol. The predicted molar refractivity (Wildman–Crippen MR) is 200 cm³/mol. The molecule has 0 radical (unpaired) electrons. The standard InChI is InChI=1S/C39H58N2O5.2ClH/c1-6-10-20-40(21-11-7-2)24-14-16-29-26-33-31-19-18-30(38(42)43)27-35(31)36(46-5)28-34(33)32(37(29)39(44)45)17-15-25-41(22-12-8-3)23-13-9-4;;/h18-19,26-28H,6-17,20-25H2,1-5H3,(H,42,43)(H,44,45);2*1H/p-2. The fraction of sp³-hybridized carbons (Fsp3) is 0.590. The lowest BCUT2D eigenvalue weighted by Crippen LogP contribution is -2.29. The molecule has 0 aliphatic rings. The number of aryl methyl sites for hydroxylation is 2. The smallest absolute Gasteiger partial charge is 0.127 e. The van der Waals surface area contributed by atoms with Crippen LogP contribution in [0.2, 0.25) is 0 Å². The molecule has 48 heavy (non-hydrogen) atoms. The second kappa shape index (κ2) is 22.9. The zero-order chi connectivity index (χ0) is 33.5. The summed E-state index contributed by atoms with van der Waals surface area (Å²) >= 11 is 0. The fourth-order valence-corrected chi connectivity index (χ4v) is 6.57. The minimum absolute atomic E-state index is 0. The Bertz CT molecular complexity index is 1420. The van der Waals surface area contributed by atoms with E-state index in [2.05, 4.69) is 37.5 Å². The van der Waals surface area contributed by atoms with E-state index in [0.29, 0.717) is 29.5 Å². The van der Waals surface area contributed by atoms with E-state index in [4.69, 9.17) is 4.74 Å². The zero-order valence-electron chi connectivity index (χ0n) is 29.9. The summed E-state index contributed by atoms with van der Waals surface area (Å²) in [6.07, 6.45) is 12.1. The molecule has 0 aliphatic carbocycles. The van der Waals surface area contributed by atoms with E-state index in [1.807, 2.05) is 12.1 Å². The van der Waals surface area contributed by atoms with E-state index >= 15 is 0 Å². The van der Waals surface area contributed by atoms with E-state index < -0.39 is 11.9 Å². The van der Waals surface area contributed by atoms with Gasteiger partial charge in [0.1, 0.15) is 5.75 Å². The number of carbonyl (C=O) groups is 2. The minimum Gasteiger partial charge on any atom is -0.545 e. The number of benzene rings is 3. The Kier molecular flexibility index (Phi) is 20.8. The largest absolute Gasteiger partial charge is 0.545 e. The number of ether oxygens (including phenoxy) is 1. The number of carbonyl (C=O) groups excluding carboxylic acids is 2. The van der Waals surface area contributed by atoms with Crippen molar-refractivity contribution in [3.8, 4) is 5.75 Å². The molecule has 0 heterocycles. The lowest BCUT2D eigenvalue weighted by atomic mass is 9.87. The molecule has 0 amide bonds. The van der Waals surface area contributed by atoms with Gasteiger partial charge in [-0.25, -0.2) is 0 Å². The van der Waals surface area contributed by atoms with Gasteiger partial charge in [-0.05, 0) is 142 Å². The van der Waals surface area contributed by atoms with E-state index in [1.54, 1.807) is 25.3 Å². The summed E-state index contributed by atoms with van der Waals surface area (Å²) in [5, 5.41) is 27.9. The Labute approximate surface area is 301 Å². The van der Waals surface area contributed by atoms with Gasteiger partial charge >= 0.3 is 0 Å². The number of fused-ring (bicyclic) bond motifs is 3. The Morgan fingerprint density at radius 2 is 1.10 bits per heavy atom. The molecule has 0 saturated heterocycles. The topological polar surface area (TPSA) is 96.0 Å². The summed E-state index contributed by atoms with van der Waals surface area (Å²) in [5.74, 6) is -1.87. The average Bonchev–Trinajstić information content (AvgIpc) is 3.05. The number of nitrogens with zero attached hydrogens (tertiary/aromatic N) is 2. The third kappa shape index (κ3) is 12.1. The summed E-state index contributed by atoms with van der Waals surface area (Å²) in [5.41, 5.74) is 1.96. The molecule has 0 aliphatic heterocycles. The molecule has 0 spiro atoms. The molecule has 0 saturated carbocycles. The molecule has 3 aromatic rings. The van der Waals surface area contributed by atoms with Crippen molar-refractivity contribution in [2.24, 2.45) is 0 Å². The number of hydrogen-bond donors (Lipinski definition) is 0. The second-order valence-corrected chi connectivity index (χ2v) is 12.7. The minimum atomic E-state index is -1.25. The van der Waals surface area contributed by atoms with Crippen molar-refractivity contribution in [3.63, 3.8) is 0 Å². The monoisotopic (exact) mass is 704 g/mol. The molecule has 270 valence electrons. The van der Waals surface area contributed by atoms with E-state index in [0.717, 1.165) is 131 Å². The van der Waals surface area contributed by atoms with Gasteiger partial charge in [-0.15, -0.1) is 24.8 Å². The van der Waals surface area contributed by atoms with Crippen molar-refractivity contribution >= 4 is 58.3 Å². The number of hydrogen-bond acceptors (Lipinski definition) is 7. The van der Waals surface area contributed by atoms with E-state index in [-0.39, 0.29) is 30.4 Å². The lowest BCUT2D eigenvalue weighted by molar-refractivity contribution is -0.256. The van der Waals surface area contributed by atoms with Crippen LogP contribution < -0.4 is 14.9 Å². The van der Waals surface area contributed by atoms with Crippen LogP contribution in [0.4, 0.5) is 0 Å². The number of methoxy groups -OCH3 is 1. The number of unbranched alkanes of at least 4 members (excludes halogenated alkanes) is 4. The fourth-order valence-electron chi connectivity index (χ4n) is 6.57. The van der Waals surface area contributed by atoms with Crippen molar-refractivity contribution in [3.05, 3.63) is 52.6 Å². The summed E-state index contributed by atoms with van der Waals surface area (Å²) in [4.78, 5) is 29.7. The first-order valence-corrected chi connectivity index (χ1v) is 17.8. The molecule has 0 atom stereocenters. The van der Waals surface area contributed by atoms with Crippen LogP contribution in [-0.4, -0.2) is 68.1 Å².